The molecule has 3 N–H and O–H groups in total. The monoisotopic (exact) mass is 396 g/mol. The van der Waals surface area contributed by atoms with Crippen LogP contribution in [0, 0.1) is 5.92 Å². The molecule has 2 bridgehead atoms. The van der Waals surface area contributed by atoms with Gasteiger partial charge in [-0.15, -0.1) is 0 Å². The Morgan fingerprint density at radius 3 is 2.79 bits per heavy atom. The second-order valence-corrected chi connectivity index (χ2v) is 9.09. The highest BCUT2D eigenvalue weighted by molar-refractivity contribution is 6.05. The predicted molar refractivity (Wildman–Crippen MR) is 107 cm³/mol. The van der Waals surface area contributed by atoms with E-state index < -0.39 is 6.04 Å². The molecule has 0 spiro atoms. The van der Waals surface area contributed by atoms with E-state index in [1.165, 1.54) is 19.3 Å². The molecule has 7 heteroatoms. The van der Waals surface area contributed by atoms with Crippen molar-refractivity contribution in [2.45, 2.75) is 63.2 Å². The summed E-state index contributed by atoms with van der Waals surface area (Å²) < 4.78 is 0. The van der Waals surface area contributed by atoms with E-state index in [1.807, 2.05) is 12.1 Å². The molecule has 154 valence electrons. The fourth-order valence-electron chi connectivity index (χ4n) is 5.53. The van der Waals surface area contributed by atoms with Crippen LogP contribution < -0.4 is 16.0 Å². The fourth-order valence-corrected chi connectivity index (χ4v) is 5.53. The average Bonchev–Trinajstić information content (AvgIpc) is 3.01. The number of nitrogens with one attached hydrogen (secondary N) is 3. The van der Waals surface area contributed by atoms with E-state index in [-0.39, 0.29) is 24.1 Å². The number of carbonyl (C=O) groups excluding carboxylic acids is 3. The van der Waals surface area contributed by atoms with Crippen molar-refractivity contribution in [2.24, 2.45) is 5.92 Å². The van der Waals surface area contributed by atoms with Gasteiger partial charge < -0.3 is 15.5 Å². The first-order valence-electron chi connectivity index (χ1n) is 10.8. The highest BCUT2D eigenvalue weighted by Gasteiger charge is 2.46. The standard InChI is InChI=1S/C22H28N4O3/c27-19-4-3-18(20(28)25-19)26-13-16-9-14(1-2-17(16)21(26)29)12-23-8-6-22-10-15(11-22)5-7-24-22/h1-2,9,15,18,23-24H,3-8,10-13H2,(H,25,27,28). The van der Waals surface area contributed by atoms with Gasteiger partial charge in [-0.3, -0.25) is 19.7 Å². The molecule has 1 aliphatic carbocycles. The third kappa shape index (κ3) is 3.46. The number of hydrogen-bond donors (Lipinski definition) is 3. The van der Waals surface area contributed by atoms with Crippen molar-refractivity contribution < 1.29 is 14.4 Å². The molecule has 6 rings (SSSR count). The van der Waals surface area contributed by atoms with Crippen LogP contribution in [-0.4, -0.2) is 47.3 Å². The van der Waals surface area contributed by atoms with Crippen molar-refractivity contribution in [1.82, 2.24) is 20.9 Å². The third-order valence-corrected chi connectivity index (χ3v) is 7.11. The number of fused-ring (bicyclic) bond motifs is 3. The van der Waals surface area contributed by atoms with Crippen molar-refractivity contribution in [3.05, 3.63) is 34.9 Å². The van der Waals surface area contributed by atoms with Crippen molar-refractivity contribution in [3.8, 4) is 0 Å². The summed E-state index contributed by atoms with van der Waals surface area (Å²) in [6.07, 6.45) is 5.82. The van der Waals surface area contributed by atoms with Gasteiger partial charge in [-0.25, -0.2) is 0 Å². The molecule has 4 fully saturated rings. The van der Waals surface area contributed by atoms with Crippen molar-refractivity contribution in [2.75, 3.05) is 13.1 Å². The largest absolute Gasteiger partial charge is 0.322 e. The Balaban J connectivity index is 1.17. The topological polar surface area (TPSA) is 90.5 Å². The molecule has 1 atom stereocenters. The lowest BCUT2D eigenvalue weighted by molar-refractivity contribution is -0.136. The minimum atomic E-state index is -0.553. The van der Waals surface area contributed by atoms with Gasteiger partial charge >= 0.3 is 0 Å². The Morgan fingerprint density at radius 1 is 1.17 bits per heavy atom. The first-order valence-corrected chi connectivity index (χ1v) is 10.8. The van der Waals surface area contributed by atoms with Gasteiger partial charge in [-0.1, -0.05) is 12.1 Å². The summed E-state index contributed by atoms with van der Waals surface area (Å²) in [6.45, 7) is 3.35. The molecular weight excluding hydrogens is 368 g/mol. The van der Waals surface area contributed by atoms with E-state index in [0.717, 1.165) is 43.1 Å². The molecule has 4 aliphatic heterocycles. The number of benzene rings is 1. The molecule has 0 aromatic heterocycles. The number of imide groups is 1. The quantitative estimate of drug-likeness (QED) is 0.494. The van der Waals surface area contributed by atoms with Crippen molar-refractivity contribution in [1.29, 1.82) is 0 Å². The molecule has 5 aliphatic rings. The Hall–Kier alpha value is -2.25. The van der Waals surface area contributed by atoms with E-state index in [1.54, 1.807) is 4.90 Å². The summed E-state index contributed by atoms with van der Waals surface area (Å²) >= 11 is 0. The van der Waals surface area contributed by atoms with E-state index in [4.69, 9.17) is 0 Å². The van der Waals surface area contributed by atoms with Crippen LogP contribution in [0.1, 0.15) is 60.0 Å². The SMILES string of the molecule is O=C1CCC(N2Cc3cc(CNCCC45CC(CCN4)C5)ccc3C2=O)C(=O)N1. The van der Waals surface area contributed by atoms with Crippen molar-refractivity contribution >= 4 is 17.7 Å². The molecule has 1 saturated carbocycles. The van der Waals surface area contributed by atoms with Crippen LogP contribution >= 0.6 is 0 Å². The zero-order chi connectivity index (χ0) is 20.0. The lowest BCUT2D eigenvalue weighted by Crippen LogP contribution is -2.61. The molecule has 3 amide bonds. The summed E-state index contributed by atoms with van der Waals surface area (Å²) in [6, 6.07) is 5.39. The minimum Gasteiger partial charge on any atom is -0.322 e. The normalized spacial score (nSPS) is 30.8. The summed E-state index contributed by atoms with van der Waals surface area (Å²) in [5.74, 6) is 0.205. The Morgan fingerprint density at radius 2 is 2.03 bits per heavy atom. The lowest BCUT2D eigenvalue weighted by atomic mass is 9.62. The highest BCUT2D eigenvalue weighted by atomic mass is 16.2. The average molecular weight is 396 g/mol. The molecule has 0 radical (unpaired) electrons. The number of amides is 3. The van der Waals surface area contributed by atoms with Gasteiger partial charge in [-0.2, -0.15) is 0 Å². The molecule has 1 aromatic rings. The maximum atomic E-state index is 12.7. The van der Waals surface area contributed by atoms with Gasteiger partial charge in [0.15, 0.2) is 0 Å². The maximum Gasteiger partial charge on any atom is 0.255 e. The zero-order valence-electron chi connectivity index (χ0n) is 16.6. The van der Waals surface area contributed by atoms with Gasteiger partial charge in [0.2, 0.25) is 11.8 Å². The van der Waals surface area contributed by atoms with Gasteiger partial charge in [0.1, 0.15) is 6.04 Å². The summed E-state index contributed by atoms with van der Waals surface area (Å²) in [7, 11) is 0. The first kappa shape index (κ1) is 18.8. The molecule has 29 heavy (non-hydrogen) atoms. The van der Waals surface area contributed by atoms with E-state index in [2.05, 4.69) is 22.0 Å². The second-order valence-electron chi connectivity index (χ2n) is 9.09. The molecule has 1 unspecified atom stereocenters. The minimum absolute atomic E-state index is 0.115. The van der Waals surface area contributed by atoms with E-state index >= 15 is 0 Å². The van der Waals surface area contributed by atoms with Crippen LogP contribution in [0.3, 0.4) is 0 Å². The van der Waals surface area contributed by atoms with Crippen LogP contribution in [0.25, 0.3) is 0 Å². The fraction of sp³-hybridized carbons (Fsp3) is 0.591. The van der Waals surface area contributed by atoms with Crippen molar-refractivity contribution in [3.63, 3.8) is 0 Å². The van der Waals surface area contributed by atoms with Gasteiger partial charge in [0.05, 0.1) is 0 Å². The molecule has 1 aromatic carbocycles. The summed E-state index contributed by atoms with van der Waals surface area (Å²) in [5, 5.41) is 9.60. The number of carbonyl (C=O) groups is 3. The number of nitrogens with zero attached hydrogens (tertiary/aromatic N) is 1. The Labute approximate surface area is 170 Å². The maximum absolute atomic E-state index is 12.7. The Kier molecular flexibility index (Phi) is 4.67. The summed E-state index contributed by atoms with van der Waals surface area (Å²) in [4.78, 5) is 37.9. The predicted octanol–water partition coefficient (Wildman–Crippen LogP) is 1.07. The van der Waals surface area contributed by atoms with Crippen LogP contribution in [0.5, 0.6) is 0 Å². The van der Waals surface area contributed by atoms with Crippen LogP contribution in [0.4, 0.5) is 0 Å². The Bertz CT molecular complexity index is 856. The number of hydrogen-bond acceptors (Lipinski definition) is 5. The lowest BCUT2D eigenvalue weighted by Gasteiger charge is -2.53. The van der Waals surface area contributed by atoms with Crippen LogP contribution in [-0.2, 0) is 22.7 Å². The summed E-state index contributed by atoms with van der Waals surface area (Å²) in [5.41, 5.74) is 3.17. The molecule has 7 nitrogen and oxygen atoms in total. The third-order valence-electron chi connectivity index (χ3n) is 7.11. The molecular formula is C22H28N4O3. The zero-order valence-corrected chi connectivity index (χ0v) is 16.6. The number of rotatable bonds is 6. The van der Waals surface area contributed by atoms with Gasteiger partial charge in [-0.05, 0) is 68.3 Å². The first-order chi connectivity index (χ1) is 14.0. The van der Waals surface area contributed by atoms with E-state index in [9.17, 15) is 14.4 Å². The van der Waals surface area contributed by atoms with Gasteiger partial charge in [0, 0.05) is 30.6 Å². The number of piperidine rings is 3. The van der Waals surface area contributed by atoms with Gasteiger partial charge in [0.25, 0.3) is 5.91 Å². The van der Waals surface area contributed by atoms with E-state index in [0.29, 0.717) is 24.1 Å². The second kappa shape index (κ2) is 7.22. The molecule has 4 heterocycles. The molecule has 3 saturated heterocycles. The smallest absolute Gasteiger partial charge is 0.255 e. The van der Waals surface area contributed by atoms with Crippen LogP contribution in [0.2, 0.25) is 0 Å². The highest BCUT2D eigenvalue weighted by Crippen LogP contribution is 2.45. The van der Waals surface area contributed by atoms with Crippen LogP contribution in [0.15, 0.2) is 18.2 Å².